The Kier molecular flexibility index (Phi) is 1.87. The Hall–Kier alpha value is -0.830. The molecule has 1 fully saturated rings. The average molecular weight is 191 g/mol. The molecule has 2 aliphatic carbocycles. The molecule has 1 heterocycles. The number of aromatic nitrogens is 2. The topological polar surface area (TPSA) is 43.8 Å². The quantitative estimate of drug-likeness (QED) is 0.771. The van der Waals surface area contributed by atoms with E-state index in [4.69, 9.17) is 10.8 Å². The maximum absolute atomic E-state index is 5.82. The molecule has 0 spiro atoms. The molecule has 3 heteroatoms. The van der Waals surface area contributed by atoms with Crippen LogP contribution in [0.25, 0.3) is 0 Å². The second kappa shape index (κ2) is 3.09. The molecule has 3 rings (SSSR count). The summed E-state index contributed by atoms with van der Waals surface area (Å²) in [5, 5.41) is 4.72. The molecule has 2 aliphatic rings. The Morgan fingerprint density at radius 2 is 2.14 bits per heavy atom. The highest BCUT2D eigenvalue weighted by Gasteiger charge is 2.27. The summed E-state index contributed by atoms with van der Waals surface area (Å²) in [6.45, 7) is 0.666. The molecule has 0 aliphatic heterocycles. The third kappa shape index (κ3) is 1.05. The van der Waals surface area contributed by atoms with E-state index in [1.807, 2.05) is 0 Å². The van der Waals surface area contributed by atoms with Crippen molar-refractivity contribution in [2.75, 3.05) is 0 Å². The summed E-state index contributed by atoms with van der Waals surface area (Å²) in [7, 11) is 0. The summed E-state index contributed by atoms with van der Waals surface area (Å²) >= 11 is 0. The Balaban J connectivity index is 2.02. The van der Waals surface area contributed by atoms with E-state index in [2.05, 4.69) is 4.68 Å². The highest BCUT2D eigenvalue weighted by Crippen LogP contribution is 2.35. The van der Waals surface area contributed by atoms with Gasteiger partial charge in [-0.2, -0.15) is 5.10 Å². The molecule has 1 saturated carbocycles. The number of rotatable bonds is 2. The van der Waals surface area contributed by atoms with Crippen LogP contribution in [0.5, 0.6) is 0 Å². The van der Waals surface area contributed by atoms with Crippen molar-refractivity contribution in [1.82, 2.24) is 9.78 Å². The van der Waals surface area contributed by atoms with Gasteiger partial charge in [0, 0.05) is 6.54 Å². The van der Waals surface area contributed by atoms with Gasteiger partial charge in [-0.3, -0.25) is 4.68 Å². The highest BCUT2D eigenvalue weighted by atomic mass is 15.3. The summed E-state index contributed by atoms with van der Waals surface area (Å²) in [4.78, 5) is 0. The zero-order valence-corrected chi connectivity index (χ0v) is 8.50. The van der Waals surface area contributed by atoms with Crippen molar-refractivity contribution in [3.05, 3.63) is 17.0 Å². The van der Waals surface area contributed by atoms with E-state index in [1.54, 1.807) is 0 Å². The fraction of sp³-hybridized carbons (Fsp3) is 0.727. The molecule has 0 amide bonds. The first-order chi connectivity index (χ1) is 6.90. The minimum Gasteiger partial charge on any atom is -0.325 e. The first-order valence-electron chi connectivity index (χ1n) is 5.69. The van der Waals surface area contributed by atoms with Gasteiger partial charge in [-0.15, -0.1) is 0 Å². The van der Waals surface area contributed by atoms with Gasteiger partial charge in [0.25, 0.3) is 0 Å². The van der Waals surface area contributed by atoms with Gasteiger partial charge in [0.2, 0.25) is 0 Å². The van der Waals surface area contributed by atoms with Gasteiger partial charge in [-0.25, -0.2) is 0 Å². The van der Waals surface area contributed by atoms with Crippen LogP contribution >= 0.6 is 0 Å². The first-order valence-corrected chi connectivity index (χ1v) is 5.69. The molecule has 1 aromatic heterocycles. The molecule has 0 radical (unpaired) electrons. The normalized spacial score (nSPS) is 20.9. The molecular weight excluding hydrogens is 174 g/mol. The summed E-state index contributed by atoms with van der Waals surface area (Å²) in [5.41, 5.74) is 9.95. The van der Waals surface area contributed by atoms with E-state index in [0.29, 0.717) is 12.6 Å². The van der Waals surface area contributed by atoms with Crippen LogP contribution in [0.2, 0.25) is 0 Å². The van der Waals surface area contributed by atoms with Crippen molar-refractivity contribution >= 4 is 0 Å². The lowest BCUT2D eigenvalue weighted by molar-refractivity contribution is 0.280. The molecule has 1 aromatic rings. The van der Waals surface area contributed by atoms with E-state index in [1.165, 1.54) is 55.5 Å². The largest absolute Gasteiger partial charge is 0.325 e. The highest BCUT2D eigenvalue weighted by molar-refractivity contribution is 5.31. The van der Waals surface area contributed by atoms with E-state index in [9.17, 15) is 0 Å². The summed E-state index contributed by atoms with van der Waals surface area (Å²) in [6, 6.07) is 0.666. The summed E-state index contributed by atoms with van der Waals surface area (Å²) in [5.74, 6) is 0. The molecule has 2 N–H and O–H groups in total. The molecule has 76 valence electrons. The zero-order chi connectivity index (χ0) is 9.54. The molecule has 0 aromatic carbocycles. The first kappa shape index (κ1) is 8.48. The van der Waals surface area contributed by atoms with Gasteiger partial charge in [0.1, 0.15) is 0 Å². The number of fused-ring (bicyclic) bond motifs is 1. The predicted octanol–water partition coefficient (Wildman–Crippen LogP) is 1.56. The second-order valence-electron chi connectivity index (χ2n) is 4.46. The molecular formula is C11H17N3. The van der Waals surface area contributed by atoms with Crippen LogP contribution in [0.3, 0.4) is 0 Å². The molecule has 14 heavy (non-hydrogen) atoms. The second-order valence-corrected chi connectivity index (χ2v) is 4.46. The van der Waals surface area contributed by atoms with Crippen LogP contribution in [0.15, 0.2) is 0 Å². The van der Waals surface area contributed by atoms with Crippen molar-refractivity contribution in [3.63, 3.8) is 0 Å². The van der Waals surface area contributed by atoms with Crippen LogP contribution in [0.4, 0.5) is 0 Å². The number of hydrogen-bond donors (Lipinski definition) is 1. The molecule has 0 saturated heterocycles. The zero-order valence-electron chi connectivity index (χ0n) is 8.50. The molecule has 0 bridgehead atoms. The number of aryl methyl sites for hydroxylation is 1. The van der Waals surface area contributed by atoms with E-state index in [0.717, 1.165) is 0 Å². The summed E-state index contributed by atoms with van der Waals surface area (Å²) in [6.07, 6.45) is 7.60. The fourth-order valence-corrected chi connectivity index (χ4v) is 2.63. The fourth-order valence-electron chi connectivity index (χ4n) is 2.63. The third-order valence-corrected chi connectivity index (χ3v) is 3.66. The van der Waals surface area contributed by atoms with Gasteiger partial charge in [0.15, 0.2) is 0 Å². The standard InChI is InChI=1S/C11H17N3/c12-7-11-9-5-2-6-10(9)13-14(11)8-3-1-4-8/h8H,1-7,12H2. The Labute approximate surface area is 84.3 Å². The van der Waals surface area contributed by atoms with E-state index in [-0.39, 0.29) is 0 Å². The van der Waals surface area contributed by atoms with Gasteiger partial charge in [-0.1, -0.05) is 0 Å². The monoisotopic (exact) mass is 191 g/mol. The van der Waals surface area contributed by atoms with Crippen molar-refractivity contribution in [2.45, 2.75) is 51.1 Å². The van der Waals surface area contributed by atoms with Crippen LogP contribution < -0.4 is 5.73 Å². The van der Waals surface area contributed by atoms with Crippen LogP contribution in [-0.2, 0) is 19.4 Å². The molecule has 0 atom stereocenters. The van der Waals surface area contributed by atoms with Gasteiger partial charge in [-0.05, 0) is 44.1 Å². The Morgan fingerprint density at radius 1 is 1.29 bits per heavy atom. The molecule has 3 nitrogen and oxygen atoms in total. The lowest BCUT2D eigenvalue weighted by atomic mass is 9.93. The van der Waals surface area contributed by atoms with E-state index < -0.39 is 0 Å². The predicted molar refractivity (Wildman–Crippen MR) is 55.0 cm³/mol. The van der Waals surface area contributed by atoms with Crippen LogP contribution in [-0.4, -0.2) is 9.78 Å². The van der Waals surface area contributed by atoms with Gasteiger partial charge < -0.3 is 5.73 Å². The summed E-state index contributed by atoms with van der Waals surface area (Å²) < 4.78 is 2.23. The lowest BCUT2D eigenvalue weighted by Gasteiger charge is -2.27. The average Bonchev–Trinajstić information content (AvgIpc) is 2.60. The minimum atomic E-state index is 0.666. The minimum absolute atomic E-state index is 0.666. The third-order valence-electron chi connectivity index (χ3n) is 3.66. The van der Waals surface area contributed by atoms with Crippen molar-refractivity contribution in [3.8, 4) is 0 Å². The number of nitrogens with zero attached hydrogens (tertiary/aromatic N) is 2. The van der Waals surface area contributed by atoms with Crippen LogP contribution in [0, 0.1) is 0 Å². The Morgan fingerprint density at radius 3 is 2.79 bits per heavy atom. The Bertz CT molecular complexity index is 350. The van der Waals surface area contributed by atoms with Crippen molar-refractivity contribution < 1.29 is 0 Å². The molecule has 0 unspecified atom stereocenters. The SMILES string of the molecule is NCc1c2c(nn1C1CCC1)CCC2. The van der Waals surface area contributed by atoms with Crippen LogP contribution in [0.1, 0.15) is 48.7 Å². The van der Waals surface area contributed by atoms with Gasteiger partial charge >= 0.3 is 0 Å². The van der Waals surface area contributed by atoms with E-state index >= 15 is 0 Å². The smallest absolute Gasteiger partial charge is 0.0660 e. The maximum atomic E-state index is 5.82. The number of nitrogens with two attached hydrogens (primary N) is 1. The lowest BCUT2D eigenvalue weighted by Crippen LogP contribution is -2.22. The van der Waals surface area contributed by atoms with Crippen molar-refractivity contribution in [2.24, 2.45) is 5.73 Å². The van der Waals surface area contributed by atoms with Gasteiger partial charge in [0.05, 0.1) is 17.4 Å². The number of hydrogen-bond acceptors (Lipinski definition) is 2. The van der Waals surface area contributed by atoms with Crippen molar-refractivity contribution in [1.29, 1.82) is 0 Å². The maximum Gasteiger partial charge on any atom is 0.0660 e.